The highest BCUT2D eigenvalue weighted by Crippen LogP contribution is 2.43. The molecule has 1 unspecified atom stereocenters. The highest BCUT2D eigenvalue weighted by atomic mass is 31.2. The van der Waals surface area contributed by atoms with Crippen LogP contribution in [-0.2, 0) is 32.7 Å². The number of hydrogen-bond acceptors (Lipinski definition) is 8. The Hall–Kier alpha value is -2.29. The highest BCUT2D eigenvalue weighted by Gasteiger charge is 2.25. The molecule has 0 fully saturated rings. The number of esters is 2. The van der Waals surface area contributed by atoms with Crippen LogP contribution in [0.5, 0.6) is 0 Å². The van der Waals surface area contributed by atoms with Crippen LogP contribution in [0, 0.1) is 0 Å². The Kier molecular flexibility index (Phi) is 35.8. The minimum Gasteiger partial charge on any atom is -0.462 e. The molecule has 2 atom stereocenters. The summed E-state index contributed by atoms with van der Waals surface area (Å²) < 4.78 is 32.7. The number of hydrogen-bond donors (Lipinski definition) is 2. The predicted molar refractivity (Wildman–Crippen MR) is 210 cm³/mol. The van der Waals surface area contributed by atoms with Crippen LogP contribution < -0.4 is 5.73 Å². The lowest BCUT2D eigenvalue weighted by molar-refractivity contribution is -0.161. The Labute approximate surface area is 310 Å². The smallest absolute Gasteiger partial charge is 0.462 e. The molecule has 0 aromatic carbocycles. The minimum absolute atomic E-state index is 0.0456. The molecule has 0 spiro atoms. The van der Waals surface area contributed by atoms with E-state index in [-0.39, 0.29) is 32.6 Å². The molecule has 51 heavy (non-hydrogen) atoms. The Bertz CT molecular complexity index is 1020. The van der Waals surface area contributed by atoms with Gasteiger partial charge in [-0.2, -0.15) is 0 Å². The lowest BCUT2D eigenvalue weighted by Gasteiger charge is -2.19. The number of allylic oxidation sites excluding steroid dienone is 10. The van der Waals surface area contributed by atoms with E-state index in [1.165, 1.54) is 25.7 Å². The van der Waals surface area contributed by atoms with Crippen LogP contribution in [0.2, 0.25) is 0 Å². The topological polar surface area (TPSA) is 134 Å². The number of nitrogens with two attached hydrogens (primary N) is 1. The van der Waals surface area contributed by atoms with E-state index in [1.54, 1.807) is 0 Å². The Morgan fingerprint density at radius 2 is 1.08 bits per heavy atom. The second kappa shape index (κ2) is 37.5. The fourth-order valence-electron chi connectivity index (χ4n) is 4.97. The van der Waals surface area contributed by atoms with E-state index in [0.717, 1.165) is 89.9 Å². The van der Waals surface area contributed by atoms with Crippen LogP contribution in [0.3, 0.4) is 0 Å². The van der Waals surface area contributed by atoms with Crippen molar-refractivity contribution in [2.24, 2.45) is 5.73 Å². The molecule has 0 amide bonds. The summed E-state index contributed by atoms with van der Waals surface area (Å²) in [5, 5.41) is 0. The number of carbonyl (C=O) groups is 2. The number of carbonyl (C=O) groups excluding carboxylic acids is 2. The number of ether oxygens (including phenoxy) is 2. The zero-order chi connectivity index (χ0) is 37.5. The molecule has 9 nitrogen and oxygen atoms in total. The van der Waals surface area contributed by atoms with Gasteiger partial charge in [-0.15, -0.1) is 0 Å². The molecule has 0 rings (SSSR count). The maximum Gasteiger partial charge on any atom is 0.472 e. The van der Waals surface area contributed by atoms with E-state index in [2.05, 4.69) is 74.6 Å². The van der Waals surface area contributed by atoms with Gasteiger partial charge in [-0.05, 0) is 77.0 Å². The van der Waals surface area contributed by atoms with Crippen molar-refractivity contribution in [3.8, 4) is 0 Å². The molecule has 0 aliphatic heterocycles. The van der Waals surface area contributed by atoms with E-state index in [9.17, 15) is 19.0 Å². The summed E-state index contributed by atoms with van der Waals surface area (Å²) in [6.07, 6.45) is 42.4. The number of phosphoric ester groups is 1. The van der Waals surface area contributed by atoms with E-state index >= 15 is 0 Å². The third-order valence-corrected chi connectivity index (χ3v) is 8.87. The van der Waals surface area contributed by atoms with Gasteiger partial charge in [0.05, 0.1) is 13.2 Å². The average Bonchev–Trinajstić information content (AvgIpc) is 3.11. The largest absolute Gasteiger partial charge is 0.472 e. The molecule has 0 aromatic rings. The molecule has 0 radical (unpaired) electrons. The van der Waals surface area contributed by atoms with Gasteiger partial charge < -0.3 is 20.1 Å². The van der Waals surface area contributed by atoms with Gasteiger partial charge in [0.1, 0.15) is 6.61 Å². The predicted octanol–water partition coefficient (Wildman–Crippen LogP) is 10.9. The zero-order valence-electron chi connectivity index (χ0n) is 32.1. The van der Waals surface area contributed by atoms with Gasteiger partial charge in [0.15, 0.2) is 6.10 Å². The molecule has 0 bridgehead atoms. The highest BCUT2D eigenvalue weighted by molar-refractivity contribution is 7.47. The summed E-state index contributed by atoms with van der Waals surface area (Å²) in [7, 11) is -4.38. The standard InChI is InChI=1S/C41H72NO8P/c1-3-5-7-9-11-13-15-17-19-21-23-25-27-29-31-33-40(43)47-37-39(38-49-51(45,46)48-36-35-42)50-41(44)34-32-30-28-26-24-22-20-18-16-14-12-10-8-6-4-2/h5,7,11-14,17-20,39H,3-4,6,8-10,15-16,21-38,42H2,1-2H3,(H,45,46)/t39-/m1/s1. The fourth-order valence-corrected chi connectivity index (χ4v) is 5.74. The summed E-state index contributed by atoms with van der Waals surface area (Å²) in [5.41, 5.74) is 5.33. The summed E-state index contributed by atoms with van der Waals surface area (Å²) in [6, 6.07) is 0. The summed E-state index contributed by atoms with van der Waals surface area (Å²) in [6.45, 7) is 3.53. The summed E-state index contributed by atoms with van der Waals surface area (Å²) in [4.78, 5) is 34.8. The molecule has 0 saturated carbocycles. The SMILES string of the molecule is CCC=CCC=CCC=CCCCCCCCC(=O)OC[C@H](COP(=O)(O)OCCN)OC(=O)CCCCCCCC=CCC=CCCCCC. The summed E-state index contributed by atoms with van der Waals surface area (Å²) >= 11 is 0. The molecule has 3 N–H and O–H groups in total. The number of rotatable bonds is 36. The van der Waals surface area contributed by atoms with Gasteiger partial charge in [-0.25, -0.2) is 4.57 Å². The molecule has 0 aromatic heterocycles. The van der Waals surface area contributed by atoms with Crippen molar-refractivity contribution in [3.05, 3.63) is 60.8 Å². The van der Waals surface area contributed by atoms with Gasteiger partial charge in [0.2, 0.25) is 0 Å². The van der Waals surface area contributed by atoms with Gasteiger partial charge >= 0.3 is 19.8 Å². The van der Waals surface area contributed by atoms with Crippen molar-refractivity contribution in [3.63, 3.8) is 0 Å². The van der Waals surface area contributed by atoms with Crippen LogP contribution in [-0.4, -0.2) is 49.3 Å². The van der Waals surface area contributed by atoms with E-state index in [0.29, 0.717) is 12.8 Å². The first-order chi connectivity index (χ1) is 24.8. The molecule has 0 aliphatic rings. The third kappa shape index (κ3) is 37.3. The third-order valence-electron chi connectivity index (χ3n) is 7.89. The van der Waals surface area contributed by atoms with Crippen molar-refractivity contribution in [2.45, 2.75) is 161 Å². The van der Waals surface area contributed by atoms with Gasteiger partial charge in [-0.1, -0.05) is 126 Å². The first kappa shape index (κ1) is 48.7. The Morgan fingerprint density at radius 1 is 0.608 bits per heavy atom. The van der Waals surface area contributed by atoms with Crippen LogP contribution in [0.25, 0.3) is 0 Å². The minimum atomic E-state index is -4.38. The van der Waals surface area contributed by atoms with Crippen LogP contribution >= 0.6 is 7.82 Å². The molecular weight excluding hydrogens is 665 g/mol. The van der Waals surface area contributed by atoms with Gasteiger partial charge in [0, 0.05) is 19.4 Å². The average molecular weight is 738 g/mol. The Balaban J connectivity index is 4.27. The lowest BCUT2D eigenvalue weighted by atomic mass is 10.1. The zero-order valence-corrected chi connectivity index (χ0v) is 33.0. The van der Waals surface area contributed by atoms with Crippen LogP contribution in [0.15, 0.2) is 60.8 Å². The van der Waals surface area contributed by atoms with Crippen molar-refractivity contribution >= 4 is 19.8 Å². The van der Waals surface area contributed by atoms with Gasteiger partial charge in [0.25, 0.3) is 0 Å². The molecule has 10 heteroatoms. The number of unbranched alkanes of at least 4 members (excludes halogenated alkanes) is 13. The second-order valence-corrected chi connectivity index (χ2v) is 14.2. The van der Waals surface area contributed by atoms with Crippen molar-refractivity contribution < 1.29 is 37.6 Å². The maximum atomic E-state index is 12.5. The molecule has 0 heterocycles. The fraction of sp³-hybridized carbons (Fsp3) is 0.707. The molecule has 0 saturated heterocycles. The van der Waals surface area contributed by atoms with E-state index in [4.69, 9.17) is 24.3 Å². The lowest BCUT2D eigenvalue weighted by Crippen LogP contribution is -2.29. The molecule has 294 valence electrons. The van der Waals surface area contributed by atoms with Crippen molar-refractivity contribution in [1.82, 2.24) is 0 Å². The van der Waals surface area contributed by atoms with Crippen LogP contribution in [0.4, 0.5) is 0 Å². The Morgan fingerprint density at radius 3 is 1.61 bits per heavy atom. The van der Waals surface area contributed by atoms with Crippen molar-refractivity contribution in [1.29, 1.82) is 0 Å². The van der Waals surface area contributed by atoms with Crippen LogP contribution in [0.1, 0.15) is 155 Å². The number of phosphoric acid groups is 1. The first-order valence-corrected chi connectivity index (χ1v) is 21.3. The first-order valence-electron chi connectivity index (χ1n) is 19.8. The molecule has 0 aliphatic carbocycles. The quantitative estimate of drug-likeness (QED) is 0.0279. The van der Waals surface area contributed by atoms with Gasteiger partial charge in [-0.3, -0.25) is 18.6 Å². The summed E-state index contributed by atoms with van der Waals surface area (Å²) in [5.74, 6) is -0.871. The van der Waals surface area contributed by atoms with E-state index in [1.807, 2.05) is 0 Å². The monoisotopic (exact) mass is 737 g/mol. The normalized spacial score (nSPS) is 14.0. The van der Waals surface area contributed by atoms with Crippen molar-refractivity contribution in [2.75, 3.05) is 26.4 Å². The molecular formula is C41H72NO8P. The maximum absolute atomic E-state index is 12.5. The second-order valence-electron chi connectivity index (χ2n) is 12.8. The van der Waals surface area contributed by atoms with E-state index < -0.39 is 32.5 Å².